The number of thiazole rings is 1. The minimum absolute atomic E-state index is 0.00926. The third kappa shape index (κ3) is 4.49. The first-order valence-electron chi connectivity index (χ1n) is 9.94. The van der Waals surface area contributed by atoms with Crippen molar-refractivity contribution in [1.82, 2.24) is 10.3 Å². The predicted octanol–water partition coefficient (Wildman–Crippen LogP) is 4.54. The van der Waals surface area contributed by atoms with Crippen LogP contribution in [0.3, 0.4) is 0 Å². The lowest BCUT2D eigenvalue weighted by Crippen LogP contribution is -2.28. The number of Topliss-reactive ketones (excluding diaryl/α,β-unsaturated/α-hetero) is 1. The van der Waals surface area contributed by atoms with Crippen LogP contribution in [0.15, 0.2) is 60.2 Å². The Kier molecular flexibility index (Phi) is 6.05. The molecule has 0 fully saturated rings. The molecule has 0 atom stereocenters. The molecule has 1 aliphatic carbocycles. The van der Waals surface area contributed by atoms with Gasteiger partial charge in [0.25, 0.3) is 5.91 Å². The molecule has 0 aliphatic heterocycles. The summed E-state index contributed by atoms with van der Waals surface area (Å²) in [7, 11) is 0. The van der Waals surface area contributed by atoms with Crippen molar-refractivity contribution < 1.29 is 14.3 Å². The summed E-state index contributed by atoms with van der Waals surface area (Å²) in [6.45, 7) is 2.44. The Morgan fingerprint density at radius 2 is 1.90 bits per heavy atom. The number of aryl methyl sites for hydroxylation is 1. The average molecular weight is 419 g/mol. The summed E-state index contributed by atoms with van der Waals surface area (Å²) >= 11 is 1.47. The van der Waals surface area contributed by atoms with E-state index in [9.17, 15) is 9.59 Å². The van der Waals surface area contributed by atoms with Gasteiger partial charge in [-0.1, -0.05) is 42.5 Å². The van der Waals surface area contributed by atoms with Gasteiger partial charge in [-0.15, -0.1) is 11.3 Å². The quantitative estimate of drug-likeness (QED) is 0.597. The zero-order valence-corrected chi connectivity index (χ0v) is 17.5. The van der Waals surface area contributed by atoms with Gasteiger partial charge in [0.2, 0.25) is 5.78 Å². The van der Waals surface area contributed by atoms with Crippen LogP contribution < -0.4 is 10.1 Å². The van der Waals surface area contributed by atoms with Crippen molar-refractivity contribution in [3.05, 3.63) is 76.3 Å². The predicted molar refractivity (Wildman–Crippen MR) is 119 cm³/mol. The zero-order valence-electron chi connectivity index (χ0n) is 16.7. The highest BCUT2D eigenvalue weighted by molar-refractivity contribution is 7.17. The standard InChI is InChI=1S/C24H22N2O3S/c1-2-25-21(27)15-29-19-11-8-16(9-12-19)14-18-10-13-20-23(22(18)28)30-24(26-20)17-6-4-3-5-7-17/h3-9,11-12,14H,2,10,13,15H2,1H3,(H,25,27)/b18-14+. The van der Waals surface area contributed by atoms with Gasteiger partial charge in [0.05, 0.1) is 10.6 Å². The summed E-state index contributed by atoms with van der Waals surface area (Å²) in [5.74, 6) is 0.537. The van der Waals surface area contributed by atoms with E-state index in [0.29, 0.717) is 18.7 Å². The fraction of sp³-hybridized carbons (Fsp3) is 0.208. The number of carbonyl (C=O) groups excluding carboxylic acids is 2. The van der Waals surface area contributed by atoms with Crippen LogP contribution in [0.25, 0.3) is 16.6 Å². The molecular weight excluding hydrogens is 396 g/mol. The van der Waals surface area contributed by atoms with Gasteiger partial charge in [0.15, 0.2) is 6.61 Å². The first kappa shape index (κ1) is 20.0. The molecule has 0 radical (unpaired) electrons. The van der Waals surface area contributed by atoms with Gasteiger partial charge < -0.3 is 10.1 Å². The van der Waals surface area contributed by atoms with Crippen LogP contribution in [0, 0.1) is 0 Å². The third-order valence-corrected chi connectivity index (χ3v) is 5.96. The lowest BCUT2D eigenvalue weighted by Gasteiger charge is -2.12. The molecule has 1 aromatic heterocycles. The van der Waals surface area contributed by atoms with Gasteiger partial charge in [-0.3, -0.25) is 9.59 Å². The minimum atomic E-state index is -0.147. The van der Waals surface area contributed by atoms with Crippen LogP contribution in [0.4, 0.5) is 0 Å². The van der Waals surface area contributed by atoms with Crippen molar-refractivity contribution in [2.75, 3.05) is 13.2 Å². The highest BCUT2D eigenvalue weighted by Gasteiger charge is 2.26. The fourth-order valence-electron chi connectivity index (χ4n) is 3.31. The molecule has 2 aromatic carbocycles. The van der Waals surface area contributed by atoms with Crippen LogP contribution in [0.1, 0.15) is 34.3 Å². The monoisotopic (exact) mass is 418 g/mol. The third-order valence-electron chi connectivity index (χ3n) is 4.81. The Bertz CT molecular complexity index is 1090. The van der Waals surface area contributed by atoms with E-state index >= 15 is 0 Å². The number of benzene rings is 2. The molecule has 1 aliphatic rings. The molecular formula is C24H22N2O3S. The number of allylic oxidation sites excluding steroid dienone is 1. The molecule has 3 aromatic rings. The smallest absolute Gasteiger partial charge is 0.257 e. The number of hydrogen-bond donors (Lipinski definition) is 1. The average Bonchev–Trinajstić information content (AvgIpc) is 3.21. The number of hydrogen-bond acceptors (Lipinski definition) is 5. The van der Waals surface area contributed by atoms with Crippen LogP contribution in [0.2, 0.25) is 0 Å². The number of ether oxygens (including phenoxy) is 1. The molecule has 30 heavy (non-hydrogen) atoms. The van der Waals surface area contributed by atoms with Gasteiger partial charge in [0, 0.05) is 17.7 Å². The molecule has 1 heterocycles. The molecule has 0 spiro atoms. The maximum atomic E-state index is 13.0. The van der Waals surface area contributed by atoms with Gasteiger partial charge >= 0.3 is 0 Å². The maximum Gasteiger partial charge on any atom is 0.257 e. The van der Waals surface area contributed by atoms with Gasteiger partial charge in [0.1, 0.15) is 10.8 Å². The first-order valence-corrected chi connectivity index (χ1v) is 10.8. The number of ketones is 1. The van der Waals surface area contributed by atoms with Crippen molar-refractivity contribution in [3.8, 4) is 16.3 Å². The van der Waals surface area contributed by atoms with Crippen LogP contribution in [-0.2, 0) is 11.2 Å². The summed E-state index contributed by atoms with van der Waals surface area (Å²) in [5.41, 5.74) is 3.66. The summed E-state index contributed by atoms with van der Waals surface area (Å²) in [4.78, 5) is 29.9. The van der Waals surface area contributed by atoms with Gasteiger partial charge in [-0.05, 0) is 43.5 Å². The number of carbonyl (C=O) groups is 2. The summed E-state index contributed by atoms with van der Waals surface area (Å²) < 4.78 is 5.47. The van der Waals surface area contributed by atoms with Gasteiger partial charge in [-0.25, -0.2) is 4.98 Å². The number of aromatic nitrogens is 1. The Balaban J connectivity index is 1.47. The van der Waals surface area contributed by atoms with Crippen molar-refractivity contribution in [2.24, 2.45) is 0 Å². The van der Waals surface area contributed by atoms with Crippen molar-refractivity contribution in [1.29, 1.82) is 0 Å². The highest BCUT2D eigenvalue weighted by Crippen LogP contribution is 2.35. The molecule has 5 nitrogen and oxygen atoms in total. The lowest BCUT2D eigenvalue weighted by molar-refractivity contribution is -0.122. The number of nitrogens with one attached hydrogen (secondary N) is 1. The Hall–Kier alpha value is -3.25. The maximum absolute atomic E-state index is 13.0. The molecule has 0 unspecified atom stereocenters. The second-order valence-corrected chi connectivity index (χ2v) is 7.97. The van der Waals surface area contributed by atoms with Crippen molar-refractivity contribution in [2.45, 2.75) is 19.8 Å². The van der Waals surface area contributed by atoms with E-state index in [2.05, 4.69) is 5.32 Å². The van der Waals surface area contributed by atoms with Crippen molar-refractivity contribution in [3.63, 3.8) is 0 Å². The fourth-order valence-corrected chi connectivity index (χ4v) is 4.40. The van der Waals surface area contributed by atoms with E-state index in [1.54, 1.807) is 0 Å². The molecule has 6 heteroatoms. The number of rotatable bonds is 6. The van der Waals surface area contributed by atoms with E-state index in [0.717, 1.165) is 38.7 Å². The van der Waals surface area contributed by atoms with E-state index in [-0.39, 0.29) is 18.3 Å². The minimum Gasteiger partial charge on any atom is -0.484 e. The summed E-state index contributed by atoms with van der Waals surface area (Å²) in [5, 5.41) is 3.58. The number of likely N-dealkylation sites (N-methyl/N-ethyl adjacent to an activating group) is 1. The number of fused-ring (bicyclic) bond motifs is 1. The Labute approximate surface area is 179 Å². The highest BCUT2D eigenvalue weighted by atomic mass is 32.1. The molecule has 4 rings (SSSR count). The van der Waals surface area contributed by atoms with E-state index < -0.39 is 0 Å². The van der Waals surface area contributed by atoms with E-state index in [4.69, 9.17) is 9.72 Å². The van der Waals surface area contributed by atoms with Crippen molar-refractivity contribution >= 4 is 29.1 Å². The number of nitrogens with zero attached hydrogens (tertiary/aromatic N) is 1. The molecule has 0 saturated heterocycles. The lowest BCUT2D eigenvalue weighted by atomic mass is 9.94. The molecule has 152 valence electrons. The Morgan fingerprint density at radius 1 is 1.13 bits per heavy atom. The summed E-state index contributed by atoms with van der Waals surface area (Å²) in [6, 6.07) is 17.4. The second kappa shape index (κ2) is 9.05. The Morgan fingerprint density at radius 3 is 2.63 bits per heavy atom. The zero-order chi connectivity index (χ0) is 20.9. The van der Waals surface area contributed by atoms with Crippen LogP contribution in [0.5, 0.6) is 5.75 Å². The first-order chi connectivity index (χ1) is 14.6. The second-order valence-electron chi connectivity index (χ2n) is 6.97. The van der Waals surface area contributed by atoms with Gasteiger partial charge in [-0.2, -0.15) is 0 Å². The largest absolute Gasteiger partial charge is 0.484 e. The molecule has 0 bridgehead atoms. The van der Waals surface area contributed by atoms with E-state index in [1.807, 2.05) is 67.6 Å². The topological polar surface area (TPSA) is 68.3 Å². The normalized spacial score (nSPS) is 14.4. The van der Waals surface area contributed by atoms with E-state index in [1.165, 1.54) is 11.3 Å². The number of amides is 1. The van der Waals surface area contributed by atoms with Crippen LogP contribution >= 0.6 is 11.3 Å². The molecule has 1 N–H and O–H groups in total. The molecule has 0 saturated carbocycles. The summed E-state index contributed by atoms with van der Waals surface area (Å²) in [6.07, 6.45) is 3.38. The SMILES string of the molecule is CCNC(=O)COc1ccc(/C=C2\CCc3nc(-c4ccccc4)sc3C2=O)cc1. The molecule has 1 amide bonds. The van der Waals surface area contributed by atoms with Crippen LogP contribution in [-0.4, -0.2) is 29.8 Å².